The number of fused-ring (bicyclic) bond motifs is 2. The molecule has 2 heterocycles. The van der Waals surface area contributed by atoms with Gasteiger partial charge < -0.3 is 10.4 Å². The monoisotopic (exact) mass is 155 g/mol. The van der Waals surface area contributed by atoms with Crippen molar-refractivity contribution in [1.82, 2.24) is 5.32 Å². The van der Waals surface area contributed by atoms with Gasteiger partial charge in [-0.1, -0.05) is 6.42 Å². The van der Waals surface area contributed by atoms with Gasteiger partial charge in [-0.25, -0.2) is 0 Å². The molecular formula is C8H13NO2. The lowest BCUT2D eigenvalue weighted by atomic mass is 9.99. The minimum absolute atomic E-state index is 0.109. The summed E-state index contributed by atoms with van der Waals surface area (Å²) in [6, 6.07) is 0.765. The molecule has 3 heteroatoms. The molecule has 2 fully saturated rings. The molecule has 3 atom stereocenters. The van der Waals surface area contributed by atoms with Crippen LogP contribution in [0, 0.1) is 5.92 Å². The predicted molar refractivity (Wildman–Crippen MR) is 40.3 cm³/mol. The Hall–Kier alpha value is -0.570. The van der Waals surface area contributed by atoms with Crippen LogP contribution in [-0.2, 0) is 4.79 Å². The van der Waals surface area contributed by atoms with E-state index in [0.717, 1.165) is 12.8 Å². The zero-order valence-electron chi connectivity index (χ0n) is 6.42. The quantitative estimate of drug-likeness (QED) is 0.583. The summed E-state index contributed by atoms with van der Waals surface area (Å²) in [5, 5.41) is 12.2. The average molecular weight is 155 g/mol. The second-order valence-electron chi connectivity index (χ2n) is 3.58. The van der Waals surface area contributed by atoms with E-state index in [-0.39, 0.29) is 12.0 Å². The van der Waals surface area contributed by atoms with Crippen LogP contribution in [0.5, 0.6) is 0 Å². The normalized spacial score (nSPS) is 42.4. The zero-order chi connectivity index (χ0) is 7.84. The number of nitrogens with one attached hydrogen (secondary N) is 1. The lowest BCUT2D eigenvalue weighted by Gasteiger charge is -2.21. The first kappa shape index (κ1) is 7.10. The second kappa shape index (κ2) is 2.48. The van der Waals surface area contributed by atoms with Crippen molar-refractivity contribution in [3.8, 4) is 0 Å². The van der Waals surface area contributed by atoms with Gasteiger partial charge in [0.1, 0.15) is 0 Å². The van der Waals surface area contributed by atoms with Crippen LogP contribution in [-0.4, -0.2) is 23.2 Å². The van der Waals surface area contributed by atoms with Gasteiger partial charge in [0.05, 0.1) is 5.92 Å². The molecule has 2 N–H and O–H groups in total. The van der Waals surface area contributed by atoms with Gasteiger partial charge in [0, 0.05) is 12.1 Å². The van der Waals surface area contributed by atoms with Gasteiger partial charge in [0.25, 0.3) is 0 Å². The number of carboxylic acids is 1. The summed E-state index contributed by atoms with van der Waals surface area (Å²) in [6.07, 6.45) is 4.26. The van der Waals surface area contributed by atoms with E-state index in [0.29, 0.717) is 6.04 Å². The maximum absolute atomic E-state index is 10.7. The molecule has 2 rings (SSSR count). The number of hydrogen-bond donors (Lipinski definition) is 2. The largest absolute Gasteiger partial charge is 0.481 e. The van der Waals surface area contributed by atoms with Crippen molar-refractivity contribution in [1.29, 1.82) is 0 Å². The first-order valence-corrected chi connectivity index (χ1v) is 4.26. The molecule has 2 saturated heterocycles. The Morgan fingerprint density at radius 2 is 2.27 bits per heavy atom. The highest BCUT2D eigenvalue weighted by molar-refractivity contribution is 5.71. The van der Waals surface area contributed by atoms with Crippen LogP contribution in [0.3, 0.4) is 0 Å². The zero-order valence-corrected chi connectivity index (χ0v) is 6.42. The van der Waals surface area contributed by atoms with Crippen LogP contribution in [0.4, 0.5) is 0 Å². The smallest absolute Gasteiger partial charge is 0.308 e. The van der Waals surface area contributed by atoms with Crippen molar-refractivity contribution in [3.63, 3.8) is 0 Å². The van der Waals surface area contributed by atoms with Gasteiger partial charge in [-0.05, 0) is 19.3 Å². The number of carbonyl (C=O) groups is 1. The maximum Gasteiger partial charge on any atom is 0.308 e. The third-order valence-corrected chi connectivity index (χ3v) is 2.86. The van der Waals surface area contributed by atoms with Crippen LogP contribution >= 0.6 is 0 Å². The number of piperidine rings is 1. The van der Waals surface area contributed by atoms with Crippen LogP contribution in [0.1, 0.15) is 25.7 Å². The molecule has 0 unspecified atom stereocenters. The third kappa shape index (κ3) is 1.13. The van der Waals surface area contributed by atoms with Gasteiger partial charge in [-0.2, -0.15) is 0 Å². The molecule has 0 aromatic rings. The van der Waals surface area contributed by atoms with E-state index in [1.807, 2.05) is 0 Å². The molecule has 11 heavy (non-hydrogen) atoms. The van der Waals surface area contributed by atoms with Gasteiger partial charge in [-0.3, -0.25) is 4.79 Å². The molecule has 0 aromatic heterocycles. The molecule has 0 spiro atoms. The van der Waals surface area contributed by atoms with Crippen molar-refractivity contribution in [3.05, 3.63) is 0 Å². The van der Waals surface area contributed by atoms with Crippen LogP contribution in [0.15, 0.2) is 0 Å². The molecule has 0 aromatic carbocycles. The summed E-state index contributed by atoms with van der Waals surface area (Å²) in [6.45, 7) is 0. The molecule has 3 nitrogen and oxygen atoms in total. The van der Waals surface area contributed by atoms with Crippen molar-refractivity contribution in [2.24, 2.45) is 5.92 Å². The Labute approximate surface area is 65.8 Å². The topological polar surface area (TPSA) is 49.3 Å². The molecule has 2 aliphatic rings. The molecular weight excluding hydrogens is 142 g/mol. The van der Waals surface area contributed by atoms with Gasteiger partial charge in [0.15, 0.2) is 0 Å². The fraction of sp³-hybridized carbons (Fsp3) is 0.875. The Morgan fingerprint density at radius 1 is 1.45 bits per heavy atom. The van der Waals surface area contributed by atoms with E-state index in [9.17, 15) is 4.79 Å². The lowest BCUT2D eigenvalue weighted by molar-refractivity contribution is -0.142. The van der Waals surface area contributed by atoms with Gasteiger partial charge in [0.2, 0.25) is 0 Å². The second-order valence-corrected chi connectivity index (χ2v) is 3.58. The molecule has 0 amide bonds. The average Bonchev–Trinajstić information content (AvgIpc) is 2.27. The van der Waals surface area contributed by atoms with Crippen molar-refractivity contribution in [2.45, 2.75) is 37.8 Å². The van der Waals surface area contributed by atoms with Crippen LogP contribution < -0.4 is 5.32 Å². The number of rotatable bonds is 1. The van der Waals surface area contributed by atoms with Crippen molar-refractivity contribution < 1.29 is 9.90 Å². The summed E-state index contributed by atoms with van der Waals surface area (Å²) in [4.78, 5) is 10.7. The maximum atomic E-state index is 10.7. The van der Waals surface area contributed by atoms with Gasteiger partial charge in [-0.15, -0.1) is 0 Å². The van der Waals surface area contributed by atoms with Crippen LogP contribution in [0.25, 0.3) is 0 Å². The Balaban J connectivity index is 2.08. The number of carboxylic acid groups (broad SMARTS) is 1. The summed E-state index contributed by atoms with van der Waals surface area (Å²) in [5.41, 5.74) is 0. The van der Waals surface area contributed by atoms with E-state index in [1.165, 1.54) is 12.8 Å². The summed E-state index contributed by atoms with van der Waals surface area (Å²) < 4.78 is 0. The van der Waals surface area contributed by atoms with Crippen molar-refractivity contribution >= 4 is 5.97 Å². The first-order chi connectivity index (χ1) is 5.27. The molecule has 62 valence electrons. The SMILES string of the molecule is O=C(O)[C@@H]1C[C@H]2CCC[C@@H]1N2. The van der Waals surface area contributed by atoms with E-state index in [2.05, 4.69) is 5.32 Å². The Kier molecular flexibility index (Phi) is 1.60. The Bertz CT molecular complexity index is 181. The lowest BCUT2D eigenvalue weighted by Crippen LogP contribution is -2.36. The van der Waals surface area contributed by atoms with E-state index in [4.69, 9.17) is 5.11 Å². The highest BCUT2D eigenvalue weighted by atomic mass is 16.4. The van der Waals surface area contributed by atoms with E-state index >= 15 is 0 Å². The summed E-state index contributed by atoms with van der Waals surface area (Å²) in [7, 11) is 0. The fourth-order valence-corrected chi connectivity index (χ4v) is 2.30. The summed E-state index contributed by atoms with van der Waals surface area (Å²) >= 11 is 0. The molecule has 2 aliphatic heterocycles. The third-order valence-electron chi connectivity index (χ3n) is 2.86. The van der Waals surface area contributed by atoms with Crippen LogP contribution in [0.2, 0.25) is 0 Å². The standard InChI is InChI=1S/C8H13NO2/c10-8(11)6-4-5-2-1-3-7(6)9-5/h5-7,9H,1-4H2,(H,10,11)/t5-,6-,7+/m1/s1. The fourth-order valence-electron chi connectivity index (χ4n) is 2.30. The van der Waals surface area contributed by atoms with E-state index < -0.39 is 5.97 Å². The number of hydrogen-bond acceptors (Lipinski definition) is 2. The predicted octanol–water partition coefficient (Wildman–Crippen LogP) is 0.602. The van der Waals surface area contributed by atoms with E-state index in [1.54, 1.807) is 0 Å². The molecule has 2 bridgehead atoms. The first-order valence-electron chi connectivity index (χ1n) is 4.26. The molecule has 0 saturated carbocycles. The minimum Gasteiger partial charge on any atom is -0.481 e. The highest BCUT2D eigenvalue weighted by Crippen LogP contribution is 2.31. The Morgan fingerprint density at radius 3 is 2.91 bits per heavy atom. The number of aliphatic carboxylic acids is 1. The van der Waals surface area contributed by atoms with Crippen molar-refractivity contribution in [2.75, 3.05) is 0 Å². The minimum atomic E-state index is -0.619. The summed E-state index contributed by atoms with van der Waals surface area (Å²) in [5.74, 6) is -0.727. The molecule has 0 aliphatic carbocycles. The van der Waals surface area contributed by atoms with Gasteiger partial charge >= 0.3 is 5.97 Å². The highest BCUT2D eigenvalue weighted by Gasteiger charge is 2.40. The molecule has 0 radical (unpaired) electrons.